The highest BCUT2D eigenvalue weighted by Gasteiger charge is 2.58. The van der Waals surface area contributed by atoms with Crippen molar-refractivity contribution >= 4 is 16.8 Å². The van der Waals surface area contributed by atoms with Gasteiger partial charge in [-0.15, -0.1) is 0 Å². The van der Waals surface area contributed by atoms with Crippen LogP contribution in [0.4, 0.5) is 0 Å². The minimum atomic E-state index is 0.189. The lowest BCUT2D eigenvalue weighted by atomic mass is 9.90. The molecule has 1 spiro atoms. The van der Waals surface area contributed by atoms with E-state index in [9.17, 15) is 4.79 Å². The summed E-state index contributed by atoms with van der Waals surface area (Å²) in [5, 5.41) is 4.37. The molecule has 5 nitrogen and oxygen atoms in total. The number of piperidine rings is 1. The van der Waals surface area contributed by atoms with Crippen LogP contribution < -0.4 is 10.1 Å². The molecule has 2 heterocycles. The van der Waals surface area contributed by atoms with Gasteiger partial charge in [-0.3, -0.25) is 14.7 Å². The van der Waals surface area contributed by atoms with Crippen molar-refractivity contribution in [2.24, 2.45) is 11.3 Å². The molecule has 5 heteroatoms. The van der Waals surface area contributed by atoms with Gasteiger partial charge in [0.2, 0.25) is 5.91 Å². The van der Waals surface area contributed by atoms with Gasteiger partial charge in [0, 0.05) is 30.6 Å². The van der Waals surface area contributed by atoms with Crippen LogP contribution in [0.2, 0.25) is 0 Å². The molecule has 0 radical (unpaired) electrons. The summed E-state index contributed by atoms with van der Waals surface area (Å²) in [4.78, 5) is 19.7. The van der Waals surface area contributed by atoms with Crippen molar-refractivity contribution in [1.29, 1.82) is 0 Å². The highest BCUT2D eigenvalue weighted by Crippen LogP contribution is 2.59. The number of aromatic nitrogens is 1. The minimum Gasteiger partial charge on any atom is -0.496 e. The summed E-state index contributed by atoms with van der Waals surface area (Å²) in [5.74, 6) is 1.31. The number of para-hydroxylation sites is 1. The van der Waals surface area contributed by atoms with Crippen molar-refractivity contribution in [2.45, 2.75) is 32.2 Å². The zero-order valence-electron chi connectivity index (χ0n) is 18.7. The van der Waals surface area contributed by atoms with E-state index in [4.69, 9.17) is 4.74 Å². The van der Waals surface area contributed by atoms with Crippen LogP contribution in [0.1, 0.15) is 30.4 Å². The fourth-order valence-corrected chi connectivity index (χ4v) is 5.26. The first-order chi connectivity index (χ1) is 15.7. The molecule has 0 bridgehead atoms. The number of nitrogens with zero attached hydrogens (tertiary/aromatic N) is 2. The number of methoxy groups -OCH3 is 1. The molecule has 2 aromatic carbocycles. The molecule has 1 saturated carbocycles. The zero-order valence-corrected chi connectivity index (χ0v) is 18.7. The Balaban J connectivity index is 1.09. The zero-order chi connectivity index (χ0) is 22.0. The van der Waals surface area contributed by atoms with E-state index in [2.05, 4.69) is 45.5 Å². The van der Waals surface area contributed by atoms with Gasteiger partial charge in [-0.25, -0.2) is 0 Å². The van der Waals surface area contributed by atoms with Crippen molar-refractivity contribution in [1.82, 2.24) is 15.2 Å². The lowest BCUT2D eigenvalue weighted by Gasteiger charge is -2.32. The maximum Gasteiger partial charge on any atom is 0.223 e. The van der Waals surface area contributed by atoms with Crippen LogP contribution in [-0.4, -0.2) is 42.5 Å². The molecule has 5 rings (SSSR count). The van der Waals surface area contributed by atoms with E-state index in [1.807, 2.05) is 30.5 Å². The first-order valence-electron chi connectivity index (χ1n) is 11.6. The summed E-state index contributed by atoms with van der Waals surface area (Å²) in [6, 6.07) is 18.7. The third-order valence-corrected chi connectivity index (χ3v) is 7.32. The molecule has 1 N–H and O–H groups in total. The Bertz CT molecular complexity index is 1100. The SMILES string of the molecule is COc1ccccc1CCNC(=O)[C@H]1CC12CCN(Cc1ccc3ncccc3c1)CC2. The second kappa shape index (κ2) is 8.91. The van der Waals surface area contributed by atoms with Gasteiger partial charge in [-0.1, -0.05) is 30.3 Å². The normalized spacial score (nSPS) is 19.7. The van der Waals surface area contributed by atoms with Gasteiger partial charge in [-0.05, 0) is 79.6 Å². The molecular formula is C27H31N3O2. The van der Waals surface area contributed by atoms with Gasteiger partial charge in [0.15, 0.2) is 0 Å². The molecule has 1 aromatic heterocycles. The van der Waals surface area contributed by atoms with Crippen molar-refractivity contribution < 1.29 is 9.53 Å². The third-order valence-electron chi connectivity index (χ3n) is 7.32. The number of benzene rings is 2. The Kier molecular flexibility index (Phi) is 5.83. The van der Waals surface area contributed by atoms with E-state index < -0.39 is 0 Å². The molecule has 0 unspecified atom stereocenters. The highest BCUT2D eigenvalue weighted by molar-refractivity contribution is 5.82. The number of carbonyl (C=O) groups is 1. The lowest BCUT2D eigenvalue weighted by molar-refractivity contribution is -0.123. The minimum absolute atomic E-state index is 0.189. The Hall–Kier alpha value is -2.92. The number of hydrogen-bond acceptors (Lipinski definition) is 4. The molecular weight excluding hydrogens is 398 g/mol. The fraction of sp³-hybridized carbons (Fsp3) is 0.407. The maximum absolute atomic E-state index is 12.8. The van der Waals surface area contributed by atoms with Crippen molar-refractivity contribution in [3.05, 3.63) is 71.9 Å². The number of fused-ring (bicyclic) bond motifs is 1. The van der Waals surface area contributed by atoms with Gasteiger partial charge in [0.25, 0.3) is 0 Å². The number of ether oxygens (including phenoxy) is 1. The Morgan fingerprint density at radius 3 is 2.84 bits per heavy atom. The summed E-state index contributed by atoms with van der Waals surface area (Å²) < 4.78 is 5.41. The molecule has 2 fully saturated rings. The standard InChI is InChI=1S/C27H31N3O2/c1-32-25-7-3-2-5-21(25)10-14-29-26(31)23-18-27(23)11-15-30(16-12-27)19-20-8-9-24-22(17-20)6-4-13-28-24/h2-9,13,17,23H,10-12,14-16,18-19H2,1H3,(H,29,31)/t23-/m1/s1. The predicted octanol–water partition coefficient (Wildman–Crippen LogP) is 4.20. The second-order valence-electron chi connectivity index (χ2n) is 9.28. The summed E-state index contributed by atoms with van der Waals surface area (Å²) >= 11 is 0. The van der Waals surface area contributed by atoms with E-state index >= 15 is 0 Å². The molecule has 1 saturated heterocycles. The molecule has 1 atom stereocenters. The Labute approximate surface area is 189 Å². The molecule has 1 aliphatic carbocycles. The smallest absolute Gasteiger partial charge is 0.223 e. The molecule has 32 heavy (non-hydrogen) atoms. The largest absolute Gasteiger partial charge is 0.496 e. The monoisotopic (exact) mass is 429 g/mol. The number of hydrogen-bond donors (Lipinski definition) is 1. The second-order valence-corrected chi connectivity index (χ2v) is 9.28. The fourth-order valence-electron chi connectivity index (χ4n) is 5.26. The van der Waals surface area contributed by atoms with Crippen LogP contribution >= 0.6 is 0 Å². The number of amides is 1. The van der Waals surface area contributed by atoms with Gasteiger partial charge in [0.1, 0.15) is 5.75 Å². The van der Waals surface area contributed by atoms with E-state index in [1.165, 1.54) is 10.9 Å². The summed E-state index contributed by atoms with van der Waals surface area (Å²) in [5.41, 5.74) is 3.76. The Morgan fingerprint density at radius 2 is 2.00 bits per heavy atom. The molecule has 2 aliphatic rings. The first kappa shape index (κ1) is 21.0. The van der Waals surface area contributed by atoms with E-state index in [-0.39, 0.29) is 17.2 Å². The van der Waals surface area contributed by atoms with Crippen molar-refractivity contribution in [2.75, 3.05) is 26.7 Å². The van der Waals surface area contributed by atoms with Gasteiger partial charge in [-0.2, -0.15) is 0 Å². The van der Waals surface area contributed by atoms with Crippen LogP contribution in [0.25, 0.3) is 10.9 Å². The van der Waals surface area contributed by atoms with Gasteiger partial charge >= 0.3 is 0 Å². The topological polar surface area (TPSA) is 54.5 Å². The third kappa shape index (κ3) is 4.35. The average Bonchev–Trinajstić information content (AvgIpc) is 3.54. The maximum atomic E-state index is 12.8. The van der Waals surface area contributed by atoms with Crippen LogP contribution in [0.15, 0.2) is 60.8 Å². The molecule has 1 amide bonds. The van der Waals surface area contributed by atoms with Crippen molar-refractivity contribution in [3.8, 4) is 5.75 Å². The lowest BCUT2D eigenvalue weighted by Crippen LogP contribution is -2.37. The highest BCUT2D eigenvalue weighted by atomic mass is 16.5. The number of rotatable bonds is 7. The summed E-state index contributed by atoms with van der Waals surface area (Å²) in [7, 11) is 1.69. The number of nitrogens with one attached hydrogen (secondary N) is 1. The molecule has 3 aromatic rings. The van der Waals surface area contributed by atoms with E-state index in [0.29, 0.717) is 6.54 Å². The van der Waals surface area contributed by atoms with E-state index in [1.54, 1.807) is 7.11 Å². The molecule has 166 valence electrons. The number of carbonyl (C=O) groups excluding carboxylic acids is 1. The van der Waals surface area contributed by atoms with Crippen LogP contribution in [-0.2, 0) is 17.8 Å². The summed E-state index contributed by atoms with van der Waals surface area (Å²) in [6.07, 6.45) is 5.92. The quantitative estimate of drug-likeness (QED) is 0.612. The number of pyridine rings is 1. The van der Waals surface area contributed by atoms with Crippen LogP contribution in [0, 0.1) is 11.3 Å². The van der Waals surface area contributed by atoms with Gasteiger partial charge < -0.3 is 10.1 Å². The average molecular weight is 430 g/mol. The van der Waals surface area contributed by atoms with Crippen molar-refractivity contribution in [3.63, 3.8) is 0 Å². The first-order valence-corrected chi connectivity index (χ1v) is 11.6. The Morgan fingerprint density at radius 1 is 1.16 bits per heavy atom. The van der Waals surface area contributed by atoms with Crippen LogP contribution in [0.3, 0.4) is 0 Å². The number of likely N-dealkylation sites (tertiary alicyclic amines) is 1. The molecule has 1 aliphatic heterocycles. The van der Waals surface area contributed by atoms with E-state index in [0.717, 1.165) is 62.1 Å². The van der Waals surface area contributed by atoms with Crippen LogP contribution in [0.5, 0.6) is 5.75 Å². The predicted molar refractivity (Wildman–Crippen MR) is 127 cm³/mol. The summed E-state index contributed by atoms with van der Waals surface area (Å²) in [6.45, 7) is 3.76. The van der Waals surface area contributed by atoms with Gasteiger partial charge in [0.05, 0.1) is 12.6 Å².